The fourth-order valence-electron chi connectivity index (χ4n) is 4.02. The first kappa shape index (κ1) is 22.0. The SMILES string of the molecule is CNC(=O)c1cc(C(=O)CCCCC2CCNCC2)cn(Cc2ccccc2)c1=O. The Bertz CT molecular complexity index is 915. The molecule has 0 radical (unpaired) electrons. The number of amides is 1. The molecule has 2 aromatic rings. The quantitative estimate of drug-likeness (QED) is 0.493. The van der Waals surface area contributed by atoms with E-state index in [0.29, 0.717) is 18.5 Å². The zero-order valence-electron chi connectivity index (χ0n) is 17.7. The van der Waals surface area contributed by atoms with Gasteiger partial charge in [-0.05, 0) is 49.9 Å². The Hall–Kier alpha value is -2.73. The van der Waals surface area contributed by atoms with E-state index in [9.17, 15) is 14.4 Å². The van der Waals surface area contributed by atoms with Crippen molar-refractivity contribution in [2.75, 3.05) is 20.1 Å². The maximum Gasteiger partial charge on any atom is 0.263 e. The topological polar surface area (TPSA) is 80.2 Å². The van der Waals surface area contributed by atoms with E-state index >= 15 is 0 Å². The number of carbonyl (C=O) groups excluding carboxylic acids is 2. The van der Waals surface area contributed by atoms with Crippen LogP contribution in [0.4, 0.5) is 0 Å². The van der Waals surface area contributed by atoms with Crippen molar-refractivity contribution in [2.24, 2.45) is 5.92 Å². The molecular formula is C24H31N3O3. The number of aromatic nitrogens is 1. The second kappa shape index (κ2) is 10.9. The third-order valence-electron chi connectivity index (χ3n) is 5.80. The Labute approximate surface area is 177 Å². The van der Waals surface area contributed by atoms with Crippen LogP contribution in [0.3, 0.4) is 0 Å². The molecule has 1 aromatic carbocycles. The highest BCUT2D eigenvalue weighted by Gasteiger charge is 2.17. The highest BCUT2D eigenvalue weighted by molar-refractivity contribution is 6.00. The second-order valence-corrected chi connectivity index (χ2v) is 8.00. The molecule has 2 heterocycles. The Kier molecular flexibility index (Phi) is 7.97. The molecule has 0 aliphatic carbocycles. The normalized spacial score (nSPS) is 14.4. The van der Waals surface area contributed by atoms with Gasteiger partial charge in [-0.2, -0.15) is 0 Å². The van der Waals surface area contributed by atoms with E-state index in [0.717, 1.165) is 43.8 Å². The van der Waals surface area contributed by atoms with E-state index in [-0.39, 0.29) is 16.9 Å². The summed E-state index contributed by atoms with van der Waals surface area (Å²) in [5.74, 6) is 0.267. The number of unbranched alkanes of at least 4 members (excludes halogenated alkanes) is 1. The molecule has 0 atom stereocenters. The molecule has 1 aliphatic rings. The van der Waals surface area contributed by atoms with Crippen LogP contribution in [0, 0.1) is 5.92 Å². The summed E-state index contributed by atoms with van der Waals surface area (Å²) in [5.41, 5.74) is 0.981. The molecule has 30 heavy (non-hydrogen) atoms. The van der Waals surface area contributed by atoms with Gasteiger partial charge in [-0.15, -0.1) is 0 Å². The number of pyridine rings is 1. The minimum absolute atomic E-state index is 0.00832. The zero-order chi connectivity index (χ0) is 21.3. The van der Waals surface area contributed by atoms with Gasteiger partial charge in [-0.1, -0.05) is 43.2 Å². The Balaban J connectivity index is 1.70. The van der Waals surface area contributed by atoms with Crippen molar-refractivity contribution >= 4 is 11.7 Å². The van der Waals surface area contributed by atoms with E-state index in [1.165, 1.54) is 30.5 Å². The first-order chi connectivity index (χ1) is 14.6. The van der Waals surface area contributed by atoms with Gasteiger partial charge in [0.1, 0.15) is 5.56 Å². The number of hydrogen-bond donors (Lipinski definition) is 2. The molecule has 6 heteroatoms. The molecule has 0 spiro atoms. The lowest BCUT2D eigenvalue weighted by Gasteiger charge is -2.22. The molecule has 1 saturated heterocycles. The standard InChI is InChI=1S/C24H31N3O3/c1-25-23(29)21-15-20(17-27(24(21)30)16-19-8-3-2-4-9-19)22(28)10-6-5-7-18-11-13-26-14-12-18/h2-4,8-9,15,17-18,26H,5-7,10-14,16H2,1H3,(H,25,29). The van der Waals surface area contributed by atoms with Crippen molar-refractivity contribution in [3.63, 3.8) is 0 Å². The smallest absolute Gasteiger partial charge is 0.263 e. The number of piperidine rings is 1. The highest BCUT2D eigenvalue weighted by atomic mass is 16.2. The van der Waals surface area contributed by atoms with E-state index in [2.05, 4.69) is 10.6 Å². The summed E-state index contributed by atoms with van der Waals surface area (Å²) in [7, 11) is 1.48. The third kappa shape index (κ3) is 5.89. The maximum absolute atomic E-state index is 12.8. The van der Waals surface area contributed by atoms with Crippen LogP contribution in [0.2, 0.25) is 0 Å². The van der Waals surface area contributed by atoms with Crippen molar-refractivity contribution in [1.82, 2.24) is 15.2 Å². The number of Topliss-reactive ketones (excluding diaryl/α,β-unsaturated/α-hetero) is 1. The molecule has 1 amide bonds. The minimum atomic E-state index is -0.470. The van der Waals surface area contributed by atoms with Crippen LogP contribution in [0.25, 0.3) is 0 Å². The summed E-state index contributed by atoms with van der Waals surface area (Å²) in [6.07, 6.45) is 7.48. The van der Waals surface area contributed by atoms with Crippen molar-refractivity contribution in [1.29, 1.82) is 0 Å². The Morgan fingerprint density at radius 2 is 1.87 bits per heavy atom. The zero-order valence-corrected chi connectivity index (χ0v) is 17.7. The predicted octanol–water partition coefficient (Wildman–Crippen LogP) is 3.00. The van der Waals surface area contributed by atoms with Crippen molar-refractivity contribution in [3.8, 4) is 0 Å². The maximum atomic E-state index is 12.8. The van der Waals surface area contributed by atoms with E-state index in [1.54, 1.807) is 6.20 Å². The summed E-state index contributed by atoms with van der Waals surface area (Å²) in [6, 6.07) is 11.0. The molecule has 3 rings (SSSR count). The van der Waals surface area contributed by atoms with E-state index in [4.69, 9.17) is 0 Å². The number of carbonyl (C=O) groups is 2. The third-order valence-corrected chi connectivity index (χ3v) is 5.80. The lowest BCUT2D eigenvalue weighted by molar-refractivity contribution is 0.0961. The fraction of sp³-hybridized carbons (Fsp3) is 0.458. The van der Waals surface area contributed by atoms with Crippen LogP contribution in [-0.4, -0.2) is 36.4 Å². The van der Waals surface area contributed by atoms with Crippen LogP contribution in [0.5, 0.6) is 0 Å². The van der Waals surface area contributed by atoms with Crippen molar-refractivity contribution in [2.45, 2.75) is 45.1 Å². The van der Waals surface area contributed by atoms with Crippen molar-refractivity contribution in [3.05, 3.63) is 69.6 Å². The van der Waals surface area contributed by atoms with Crippen LogP contribution in [0.1, 0.15) is 64.8 Å². The fourth-order valence-corrected chi connectivity index (χ4v) is 4.02. The number of ketones is 1. The number of nitrogens with one attached hydrogen (secondary N) is 2. The molecule has 6 nitrogen and oxygen atoms in total. The van der Waals surface area contributed by atoms with Gasteiger partial charge < -0.3 is 15.2 Å². The average molecular weight is 410 g/mol. The number of hydrogen-bond acceptors (Lipinski definition) is 4. The van der Waals surface area contributed by atoms with Gasteiger partial charge in [0, 0.05) is 25.2 Å². The summed E-state index contributed by atoms with van der Waals surface area (Å²) in [4.78, 5) is 37.8. The summed E-state index contributed by atoms with van der Waals surface area (Å²) in [5, 5.41) is 5.88. The van der Waals surface area contributed by atoms with Gasteiger partial charge in [0.05, 0.1) is 6.54 Å². The minimum Gasteiger partial charge on any atom is -0.355 e. The Morgan fingerprint density at radius 1 is 1.13 bits per heavy atom. The number of rotatable bonds is 9. The summed E-state index contributed by atoms with van der Waals surface area (Å²) in [6.45, 7) is 2.50. The summed E-state index contributed by atoms with van der Waals surface area (Å²) < 4.78 is 1.46. The first-order valence-electron chi connectivity index (χ1n) is 10.8. The van der Waals surface area contributed by atoms with Gasteiger partial charge in [0.25, 0.3) is 11.5 Å². The number of nitrogens with zero attached hydrogens (tertiary/aromatic N) is 1. The molecule has 0 saturated carbocycles. The predicted molar refractivity (Wildman–Crippen MR) is 118 cm³/mol. The first-order valence-corrected chi connectivity index (χ1v) is 10.8. The molecule has 1 fully saturated rings. The van der Waals surface area contributed by atoms with Gasteiger partial charge in [0.15, 0.2) is 5.78 Å². The molecule has 1 aromatic heterocycles. The van der Waals surface area contributed by atoms with Gasteiger partial charge in [0.2, 0.25) is 0 Å². The Morgan fingerprint density at radius 3 is 2.57 bits per heavy atom. The highest BCUT2D eigenvalue weighted by Crippen LogP contribution is 2.20. The monoisotopic (exact) mass is 409 g/mol. The number of benzene rings is 1. The molecular weight excluding hydrogens is 378 g/mol. The van der Waals surface area contributed by atoms with Crippen molar-refractivity contribution < 1.29 is 9.59 Å². The van der Waals surface area contributed by atoms with Gasteiger partial charge >= 0.3 is 0 Å². The second-order valence-electron chi connectivity index (χ2n) is 8.00. The van der Waals surface area contributed by atoms with E-state index < -0.39 is 5.91 Å². The van der Waals surface area contributed by atoms with Gasteiger partial charge in [-0.25, -0.2) is 0 Å². The van der Waals surface area contributed by atoms with Crippen LogP contribution < -0.4 is 16.2 Å². The van der Waals surface area contributed by atoms with Crippen LogP contribution in [0.15, 0.2) is 47.4 Å². The van der Waals surface area contributed by atoms with E-state index in [1.807, 2.05) is 30.3 Å². The average Bonchev–Trinajstić information content (AvgIpc) is 2.78. The summed E-state index contributed by atoms with van der Waals surface area (Å²) >= 11 is 0. The molecule has 2 N–H and O–H groups in total. The molecule has 160 valence electrons. The van der Waals surface area contributed by atoms with Crippen LogP contribution in [-0.2, 0) is 6.54 Å². The van der Waals surface area contributed by atoms with Gasteiger partial charge in [-0.3, -0.25) is 14.4 Å². The van der Waals surface area contributed by atoms with Crippen LogP contribution >= 0.6 is 0 Å². The lowest BCUT2D eigenvalue weighted by atomic mass is 9.92. The molecule has 1 aliphatic heterocycles. The molecule has 0 bridgehead atoms. The molecule has 0 unspecified atom stereocenters. The lowest BCUT2D eigenvalue weighted by Crippen LogP contribution is -2.32. The largest absolute Gasteiger partial charge is 0.355 e.